The summed E-state index contributed by atoms with van der Waals surface area (Å²) >= 11 is 0. The average Bonchev–Trinajstić information content (AvgIpc) is 3.03. The fourth-order valence-electron chi connectivity index (χ4n) is 5.11. The third-order valence-electron chi connectivity index (χ3n) is 6.77. The Morgan fingerprint density at radius 1 is 1.30 bits per heavy atom. The lowest BCUT2D eigenvalue weighted by molar-refractivity contribution is -0.140. The Morgan fingerprint density at radius 2 is 1.95 bits per heavy atom. The zero-order valence-corrected chi connectivity index (χ0v) is 14.0. The highest BCUT2D eigenvalue weighted by Gasteiger charge is 2.70. The molecule has 0 amide bonds. The Hall–Kier alpha value is -0.353. The van der Waals surface area contributed by atoms with Gasteiger partial charge in [0.25, 0.3) is 0 Å². The van der Waals surface area contributed by atoms with Crippen LogP contribution in [-0.4, -0.2) is 25.5 Å². The van der Waals surface area contributed by atoms with Crippen molar-refractivity contribution in [1.82, 2.24) is 0 Å². The molecule has 0 aromatic rings. The van der Waals surface area contributed by atoms with Gasteiger partial charge in [-0.1, -0.05) is 20.8 Å². The number of fused-ring (bicyclic) bond motifs is 1. The van der Waals surface area contributed by atoms with Gasteiger partial charge in [-0.3, -0.25) is 4.79 Å². The van der Waals surface area contributed by atoms with Crippen molar-refractivity contribution in [3.8, 4) is 0 Å². The smallest absolute Gasteiger partial charge is 0.306 e. The highest BCUT2D eigenvalue weighted by atomic mass is 28.4. The summed E-state index contributed by atoms with van der Waals surface area (Å²) in [5.74, 6) is 0.507. The summed E-state index contributed by atoms with van der Waals surface area (Å²) in [5.41, 5.74) is 0.255. The summed E-state index contributed by atoms with van der Waals surface area (Å²) in [4.78, 5) is 11.2. The van der Waals surface area contributed by atoms with Crippen LogP contribution in [0.4, 0.5) is 0 Å². The van der Waals surface area contributed by atoms with Gasteiger partial charge in [0, 0.05) is 0 Å². The molecule has 4 aliphatic carbocycles. The molecule has 0 radical (unpaired) electrons. The van der Waals surface area contributed by atoms with Crippen LogP contribution in [0.25, 0.3) is 0 Å². The highest BCUT2D eigenvalue weighted by Crippen LogP contribution is 2.71. The van der Waals surface area contributed by atoms with Crippen molar-refractivity contribution >= 4 is 14.3 Å². The quantitative estimate of drug-likeness (QED) is 0.725. The first-order chi connectivity index (χ1) is 9.52. The zero-order valence-electron chi connectivity index (χ0n) is 13.0. The Balaban J connectivity index is 1.73. The topological polar surface area (TPSA) is 46.5 Å². The fourth-order valence-corrected chi connectivity index (χ4v) is 8.07. The fraction of sp³-hybridized carbons (Fsp3) is 0.938. The van der Waals surface area contributed by atoms with Crippen LogP contribution in [0.1, 0.15) is 46.5 Å². The van der Waals surface area contributed by atoms with Crippen LogP contribution >= 0.6 is 0 Å². The van der Waals surface area contributed by atoms with Crippen molar-refractivity contribution in [3.05, 3.63) is 0 Å². The summed E-state index contributed by atoms with van der Waals surface area (Å²) in [6.07, 6.45) is 5.05. The summed E-state index contributed by atoms with van der Waals surface area (Å²) in [7, 11) is -1.56. The van der Waals surface area contributed by atoms with E-state index in [1.54, 1.807) is 0 Å². The largest absolute Gasteiger partial charge is 0.481 e. The molecule has 0 heterocycles. The zero-order chi connectivity index (χ0) is 14.5. The molecule has 0 aromatic heterocycles. The molecule has 20 heavy (non-hydrogen) atoms. The molecular formula is C16H28O3Si. The minimum absolute atomic E-state index is 0.0684. The number of carboxylic acids is 1. The Morgan fingerprint density at radius 3 is 2.40 bits per heavy atom. The highest BCUT2D eigenvalue weighted by molar-refractivity contribution is 6.73. The van der Waals surface area contributed by atoms with Crippen LogP contribution in [0.2, 0.25) is 18.1 Å². The van der Waals surface area contributed by atoms with Gasteiger partial charge in [0.15, 0.2) is 8.32 Å². The van der Waals surface area contributed by atoms with E-state index in [9.17, 15) is 9.90 Å². The van der Waals surface area contributed by atoms with E-state index in [-0.39, 0.29) is 11.3 Å². The first kappa shape index (κ1) is 14.6. The Labute approximate surface area is 123 Å². The second-order valence-electron chi connectivity index (χ2n) is 7.31. The molecule has 4 heteroatoms. The standard InChI is InChI=1S/C16H28O3Si/c1-4-20(5-2,6-3)19-14-11-7-8-16(14,10-11)13-9-12(13)15(17)18/h11-14H,4-10H2,1-3H3,(H,17,18)/t11-,12-,13-,14+,16+/m1/s1. The van der Waals surface area contributed by atoms with Crippen molar-refractivity contribution in [2.45, 2.75) is 70.7 Å². The van der Waals surface area contributed by atoms with E-state index in [2.05, 4.69) is 20.8 Å². The second kappa shape index (κ2) is 4.84. The molecule has 0 aromatic carbocycles. The minimum Gasteiger partial charge on any atom is -0.481 e. The molecular weight excluding hydrogens is 268 g/mol. The first-order valence-corrected chi connectivity index (χ1v) is 11.0. The number of hydrogen-bond donors (Lipinski definition) is 1. The summed E-state index contributed by atoms with van der Waals surface area (Å²) in [5, 5.41) is 9.24. The van der Waals surface area contributed by atoms with Gasteiger partial charge in [-0.25, -0.2) is 0 Å². The van der Waals surface area contributed by atoms with Crippen molar-refractivity contribution in [3.63, 3.8) is 0 Å². The minimum atomic E-state index is -1.56. The van der Waals surface area contributed by atoms with E-state index >= 15 is 0 Å². The number of rotatable bonds is 7. The third kappa shape index (κ3) is 1.91. The molecule has 0 saturated heterocycles. The molecule has 4 saturated carbocycles. The molecule has 4 fully saturated rings. The molecule has 2 bridgehead atoms. The lowest BCUT2D eigenvalue weighted by Gasteiger charge is -2.52. The van der Waals surface area contributed by atoms with Crippen LogP contribution in [0.5, 0.6) is 0 Å². The summed E-state index contributed by atoms with van der Waals surface area (Å²) < 4.78 is 6.79. The van der Waals surface area contributed by atoms with Crippen LogP contribution in [0.3, 0.4) is 0 Å². The molecule has 114 valence electrons. The predicted octanol–water partition coefficient (Wildman–Crippen LogP) is 3.90. The van der Waals surface area contributed by atoms with Gasteiger partial charge in [0.05, 0.1) is 12.0 Å². The SMILES string of the molecule is CC[Si](CC)(CC)O[C@H]1[C@@H]2CC[C@@]1([C@@H]1C[C@H]1C(=O)O)C2. The van der Waals surface area contributed by atoms with E-state index in [1.807, 2.05) is 0 Å². The van der Waals surface area contributed by atoms with Gasteiger partial charge in [-0.05, 0) is 61.1 Å². The van der Waals surface area contributed by atoms with E-state index in [1.165, 1.54) is 37.4 Å². The Bertz CT molecular complexity index is 394. The molecule has 0 unspecified atom stereocenters. The molecule has 0 spiro atoms. The maximum Gasteiger partial charge on any atom is 0.306 e. The maximum absolute atomic E-state index is 11.2. The van der Waals surface area contributed by atoms with E-state index in [4.69, 9.17) is 4.43 Å². The van der Waals surface area contributed by atoms with Crippen LogP contribution in [-0.2, 0) is 9.22 Å². The van der Waals surface area contributed by atoms with Gasteiger partial charge in [-0.2, -0.15) is 0 Å². The van der Waals surface area contributed by atoms with Crippen LogP contribution in [0.15, 0.2) is 0 Å². The summed E-state index contributed by atoms with van der Waals surface area (Å²) in [6.45, 7) is 6.84. The lowest BCUT2D eigenvalue weighted by Crippen LogP contribution is -2.55. The lowest BCUT2D eigenvalue weighted by atomic mass is 9.63. The second-order valence-corrected chi connectivity index (χ2v) is 12.0. The van der Waals surface area contributed by atoms with Gasteiger partial charge in [0.1, 0.15) is 0 Å². The number of aliphatic carboxylic acids is 1. The molecule has 4 aliphatic rings. The summed E-state index contributed by atoms with van der Waals surface area (Å²) in [6, 6.07) is 3.60. The molecule has 3 nitrogen and oxygen atoms in total. The van der Waals surface area contributed by atoms with E-state index < -0.39 is 14.3 Å². The Kier molecular flexibility index (Phi) is 3.53. The number of carbonyl (C=O) groups is 1. The van der Waals surface area contributed by atoms with Crippen molar-refractivity contribution < 1.29 is 14.3 Å². The predicted molar refractivity (Wildman–Crippen MR) is 81.1 cm³/mol. The van der Waals surface area contributed by atoms with Crippen LogP contribution in [0, 0.1) is 23.2 Å². The number of hydrogen-bond acceptors (Lipinski definition) is 2. The third-order valence-corrected chi connectivity index (χ3v) is 11.4. The van der Waals surface area contributed by atoms with Crippen molar-refractivity contribution in [2.24, 2.45) is 23.2 Å². The molecule has 0 aliphatic heterocycles. The monoisotopic (exact) mass is 296 g/mol. The molecule has 4 rings (SSSR count). The van der Waals surface area contributed by atoms with E-state index in [0.717, 1.165) is 12.3 Å². The van der Waals surface area contributed by atoms with Gasteiger partial charge < -0.3 is 9.53 Å². The average molecular weight is 296 g/mol. The number of carboxylic acid groups (broad SMARTS) is 1. The normalized spacial score (nSPS) is 42.4. The van der Waals surface area contributed by atoms with Gasteiger partial charge in [0.2, 0.25) is 0 Å². The first-order valence-electron chi connectivity index (χ1n) is 8.42. The molecule has 1 N–H and O–H groups in total. The van der Waals surface area contributed by atoms with Crippen LogP contribution < -0.4 is 0 Å². The van der Waals surface area contributed by atoms with Crippen molar-refractivity contribution in [1.29, 1.82) is 0 Å². The van der Waals surface area contributed by atoms with E-state index in [0.29, 0.717) is 12.0 Å². The molecule has 5 atom stereocenters. The van der Waals surface area contributed by atoms with Gasteiger partial charge in [-0.15, -0.1) is 0 Å². The van der Waals surface area contributed by atoms with Crippen molar-refractivity contribution in [2.75, 3.05) is 0 Å². The maximum atomic E-state index is 11.2. The van der Waals surface area contributed by atoms with Gasteiger partial charge >= 0.3 is 5.97 Å².